The molecule has 3 heteroatoms. The van der Waals surface area contributed by atoms with Gasteiger partial charge in [-0.2, -0.15) is 5.26 Å². The van der Waals surface area contributed by atoms with Gasteiger partial charge in [-0.15, -0.1) is 0 Å². The Hall–Kier alpha value is -1.04. The fraction of sp³-hybridized carbons (Fsp3) is 0.846. The highest BCUT2D eigenvalue weighted by Crippen LogP contribution is 2.27. The van der Waals surface area contributed by atoms with Crippen molar-refractivity contribution in [2.24, 2.45) is 11.3 Å². The second-order valence-corrected chi connectivity index (χ2v) is 4.94. The first-order chi connectivity index (χ1) is 7.57. The van der Waals surface area contributed by atoms with Crippen molar-refractivity contribution in [2.75, 3.05) is 13.1 Å². The predicted octanol–water partition coefficient (Wildman–Crippen LogP) is 2.57. The number of nitriles is 1. The molecule has 0 radical (unpaired) electrons. The van der Waals surface area contributed by atoms with Gasteiger partial charge in [-0.3, -0.25) is 4.79 Å². The Bertz CT molecular complexity index is 287. The highest BCUT2D eigenvalue weighted by atomic mass is 16.2. The fourth-order valence-electron chi connectivity index (χ4n) is 2.17. The van der Waals surface area contributed by atoms with Gasteiger partial charge < -0.3 is 4.90 Å². The molecule has 1 saturated heterocycles. The molecule has 1 aliphatic heterocycles. The van der Waals surface area contributed by atoms with Crippen molar-refractivity contribution in [3.63, 3.8) is 0 Å². The molecule has 0 spiro atoms. The molecular formula is C13H22N2O. The summed E-state index contributed by atoms with van der Waals surface area (Å²) in [5.74, 6) is 0.783. The van der Waals surface area contributed by atoms with Crippen LogP contribution < -0.4 is 0 Å². The summed E-state index contributed by atoms with van der Waals surface area (Å²) in [4.78, 5) is 14.1. The first-order valence-electron chi connectivity index (χ1n) is 6.28. The van der Waals surface area contributed by atoms with Gasteiger partial charge in [0.15, 0.2) is 0 Å². The minimum Gasteiger partial charge on any atom is -0.341 e. The van der Waals surface area contributed by atoms with Gasteiger partial charge in [-0.1, -0.05) is 20.3 Å². The van der Waals surface area contributed by atoms with Crippen LogP contribution in [0.1, 0.15) is 46.5 Å². The molecule has 1 unspecified atom stereocenters. The number of amides is 1. The van der Waals surface area contributed by atoms with Gasteiger partial charge in [0.05, 0.1) is 6.07 Å². The lowest BCUT2D eigenvalue weighted by Gasteiger charge is -2.35. The van der Waals surface area contributed by atoms with E-state index in [4.69, 9.17) is 5.26 Å². The Balaban J connectivity index is 2.60. The Labute approximate surface area is 98.4 Å². The van der Waals surface area contributed by atoms with Crippen LogP contribution in [0, 0.1) is 22.7 Å². The van der Waals surface area contributed by atoms with E-state index in [1.54, 1.807) is 6.92 Å². The number of rotatable bonds is 3. The highest BCUT2D eigenvalue weighted by molar-refractivity contribution is 5.85. The SMILES string of the molecule is CCC1CCN(C(=O)C(C)(C#N)CC)CC1. The Morgan fingerprint density at radius 1 is 1.44 bits per heavy atom. The molecule has 0 N–H and O–H groups in total. The van der Waals surface area contributed by atoms with Gasteiger partial charge in [0.25, 0.3) is 0 Å². The zero-order valence-electron chi connectivity index (χ0n) is 10.6. The molecule has 3 nitrogen and oxygen atoms in total. The molecule has 1 atom stereocenters. The molecular weight excluding hydrogens is 200 g/mol. The lowest BCUT2D eigenvalue weighted by Crippen LogP contribution is -2.45. The number of carbonyl (C=O) groups excluding carboxylic acids is 1. The second kappa shape index (κ2) is 5.34. The van der Waals surface area contributed by atoms with Crippen molar-refractivity contribution < 1.29 is 4.79 Å². The summed E-state index contributed by atoms with van der Waals surface area (Å²) in [6.07, 6.45) is 3.97. The molecule has 0 aromatic carbocycles. The van der Waals surface area contributed by atoms with Crippen LogP contribution in [-0.2, 0) is 4.79 Å². The summed E-state index contributed by atoms with van der Waals surface area (Å²) in [7, 11) is 0. The van der Waals surface area contributed by atoms with Crippen LogP contribution in [0.3, 0.4) is 0 Å². The van der Waals surface area contributed by atoms with Crippen molar-refractivity contribution in [2.45, 2.75) is 46.5 Å². The molecule has 1 aliphatic rings. The van der Waals surface area contributed by atoms with Gasteiger partial charge in [0, 0.05) is 13.1 Å². The van der Waals surface area contributed by atoms with Crippen molar-refractivity contribution in [3.05, 3.63) is 0 Å². The molecule has 1 amide bonds. The average Bonchev–Trinajstić information content (AvgIpc) is 2.37. The van der Waals surface area contributed by atoms with Crippen molar-refractivity contribution in [1.82, 2.24) is 4.90 Å². The lowest BCUT2D eigenvalue weighted by atomic mass is 9.86. The molecule has 1 rings (SSSR count). The van der Waals surface area contributed by atoms with Crippen molar-refractivity contribution >= 4 is 5.91 Å². The predicted molar refractivity (Wildman–Crippen MR) is 63.6 cm³/mol. The van der Waals surface area contributed by atoms with E-state index in [9.17, 15) is 4.79 Å². The van der Waals surface area contributed by atoms with Gasteiger partial charge in [-0.25, -0.2) is 0 Å². The number of piperidine rings is 1. The van der Waals surface area contributed by atoms with Crippen molar-refractivity contribution in [3.8, 4) is 6.07 Å². The quantitative estimate of drug-likeness (QED) is 0.736. The Morgan fingerprint density at radius 2 is 2.00 bits per heavy atom. The van der Waals surface area contributed by atoms with E-state index in [0.29, 0.717) is 6.42 Å². The van der Waals surface area contributed by atoms with Gasteiger partial charge in [0.1, 0.15) is 5.41 Å². The third-order valence-electron chi connectivity index (χ3n) is 3.90. The molecule has 16 heavy (non-hydrogen) atoms. The number of hydrogen-bond donors (Lipinski definition) is 0. The molecule has 0 saturated carbocycles. The molecule has 1 heterocycles. The van der Waals surface area contributed by atoms with Crippen LogP contribution in [0.5, 0.6) is 0 Å². The lowest BCUT2D eigenvalue weighted by molar-refractivity contribution is -0.139. The maximum Gasteiger partial charge on any atom is 0.242 e. The van der Waals surface area contributed by atoms with Crippen LogP contribution in [-0.4, -0.2) is 23.9 Å². The van der Waals surface area contributed by atoms with Gasteiger partial charge in [0.2, 0.25) is 5.91 Å². The van der Waals surface area contributed by atoms with E-state index >= 15 is 0 Å². The van der Waals surface area contributed by atoms with E-state index in [1.807, 2.05) is 11.8 Å². The third kappa shape index (κ3) is 2.55. The molecule has 0 aromatic rings. The topological polar surface area (TPSA) is 44.1 Å². The van der Waals surface area contributed by atoms with E-state index in [0.717, 1.165) is 31.8 Å². The standard InChI is InChI=1S/C13H22N2O/c1-4-11-6-8-15(9-7-11)12(16)13(3,5-2)10-14/h11H,4-9H2,1-3H3. The summed E-state index contributed by atoms with van der Waals surface area (Å²) < 4.78 is 0. The molecule has 1 fully saturated rings. The van der Waals surface area contributed by atoms with Gasteiger partial charge >= 0.3 is 0 Å². The molecule has 90 valence electrons. The molecule has 0 aromatic heterocycles. The number of carbonyl (C=O) groups is 1. The van der Waals surface area contributed by atoms with Crippen molar-refractivity contribution in [1.29, 1.82) is 5.26 Å². The Morgan fingerprint density at radius 3 is 2.38 bits per heavy atom. The smallest absolute Gasteiger partial charge is 0.242 e. The first kappa shape index (κ1) is 13.0. The van der Waals surface area contributed by atoms with Crippen LogP contribution in [0.25, 0.3) is 0 Å². The van der Waals surface area contributed by atoms with Gasteiger partial charge in [-0.05, 0) is 32.1 Å². The summed E-state index contributed by atoms with van der Waals surface area (Å²) >= 11 is 0. The number of hydrogen-bond acceptors (Lipinski definition) is 2. The average molecular weight is 222 g/mol. The summed E-state index contributed by atoms with van der Waals surface area (Å²) in [6, 6.07) is 2.16. The highest BCUT2D eigenvalue weighted by Gasteiger charge is 2.36. The van der Waals surface area contributed by atoms with Crippen LogP contribution in [0.2, 0.25) is 0 Å². The fourth-order valence-corrected chi connectivity index (χ4v) is 2.17. The third-order valence-corrected chi connectivity index (χ3v) is 3.90. The zero-order chi connectivity index (χ0) is 12.2. The molecule has 0 aliphatic carbocycles. The minimum absolute atomic E-state index is 0.0204. The van der Waals surface area contributed by atoms with Crippen LogP contribution in [0.15, 0.2) is 0 Å². The monoisotopic (exact) mass is 222 g/mol. The summed E-state index contributed by atoms with van der Waals surface area (Å²) in [5, 5.41) is 9.09. The van der Waals surface area contributed by atoms with Crippen LogP contribution in [0.4, 0.5) is 0 Å². The maximum absolute atomic E-state index is 12.2. The summed E-state index contributed by atoms with van der Waals surface area (Å²) in [5.41, 5.74) is -0.820. The van der Waals surface area contributed by atoms with E-state index in [-0.39, 0.29) is 5.91 Å². The van der Waals surface area contributed by atoms with Crippen LogP contribution >= 0.6 is 0 Å². The summed E-state index contributed by atoms with van der Waals surface area (Å²) in [6.45, 7) is 7.51. The zero-order valence-corrected chi connectivity index (χ0v) is 10.6. The van der Waals surface area contributed by atoms with E-state index in [1.165, 1.54) is 6.42 Å². The number of nitrogens with zero attached hydrogens (tertiary/aromatic N) is 2. The normalized spacial score (nSPS) is 21.2. The molecule has 0 bridgehead atoms. The van der Waals surface area contributed by atoms with E-state index in [2.05, 4.69) is 13.0 Å². The first-order valence-corrected chi connectivity index (χ1v) is 6.28. The largest absolute Gasteiger partial charge is 0.341 e. The maximum atomic E-state index is 12.2. The Kier molecular flexibility index (Phi) is 4.35. The minimum atomic E-state index is -0.820. The second-order valence-electron chi connectivity index (χ2n) is 4.94. The van der Waals surface area contributed by atoms with E-state index < -0.39 is 5.41 Å². The number of likely N-dealkylation sites (tertiary alicyclic amines) is 1.